The summed E-state index contributed by atoms with van der Waals surface area (Å²) in [4.78, 5) is 4.25. The molecular formula is C17H18BrF3N2O2. The van der Waals surface area contributed by atoms with Gasteiger partial charge in [-0.2, -0.15) is 18.2 Å². The molecule has 0 fully saturated rings. The first-order chi connectivity index (χ1) is 11.6. The number of halogens is 4. The Hall–Kier alpha value is -1.70. The van der Waals surface area contributed by atoms with E-state index in [1.54, 1.807) is 12.1 Å². The number of imidazole rings is 1. The number of hydrogen-bond donors (Lipinski definition) is 0. The first-order valence-electron chi connectivity index (χ1n) is 7.79. The summed E-state index contributed by atoms with van der Waals surface area (Å²) in [6.45, 7) is 5.18. The van der Waals surface area contributed by atoms with E-state index in [0.29, 0.717) is 24.9 Å². The number of rotatable bonds is 4. The molecule has 0 radical (unpaired) electrons. The number of nitrogens with zero attached hydrogens (tertiary/aromatic N) is 2. The van der Waals surface area contributed by atoms with E-state index in [9.17, 15) is 13.2 Å². The molecule has 0 saturated carbocycles. The number of aromatic nitrogens is 2. The van der Waals surface area contributed by atoms with E-state index < -0.39 is 11.6 Å². The van der Waals surface area contributed by atoms with E-state index in [1.807, 2.05) is 11.5 Å². The van der Waals surface area contributed by atoms with Crippen LogP contribution in [0.4, 0.5) is 13.2 Å². The second-order valence-corrected chi connectivity index (χ2v) is 7.33. The first-order valence-corrected chi connectivity index (χ1v) is 8.58. The van der Waals surface area contributed by atoms with E-state index in [2.05, 4.69) is 20.9 Å². The van der Waals surface area contributed by atoms with Crippen LogP contribution in [0.2, 0.25) is 0 Å². The van der Waals surface area contributed by atoms with Gasteiger partial charge < -0.3 is 9.47 Å². The topological polar surface area (TPSA) is 36.3 Å². The van der Waals surface area contributed by atoms with Crippen molar-refractivity contribution in [2.45, 2.75) is 45.0 Å². The highest BCUT2D eigenvalue weighted by molar-refractivity contribution is 9.10. The Labute approximate surface area is 152 Å². The lowest BCUT2D eigenvalue weighted by Gasteiger charge is -2.28. The van der Waals surface area contributed by atoms with Gasteiger partial charge in [-0.15, -0.1) is 0 Å². The van der Waals surface area contributed by atoms with Gasteiger partial charge in [0.15, 0.2) is 6.10 Å². The molecule has 1 atom stereocenters. The Kier molecular flexibility index (Phi) is 4.51. The maximum Gasteiger partial charge on any atom is 0.397 e. The van der Waals surface area contributed by atoms with Crippen molar-refractivity contribution in [3.63, 3.8) is 0 Å². The highest BCUT2D eigenvalue weighted by Gasteiger charge is 2.48. The van der Waals surface area contributed by atoms with Crippen LogP contribution in [-0.4, -0.2) is 28.4 Å². The Morgan fingerprint density at radius 2 is 1.92 bits per heavy atom. The number of hydrogen-bond acceptors (Lipinski definition) is 3. The standard InChI is InChI=1S/C17H18BrF3N2O2/c1-10-14(18)22-15-23(10)8-13(25-15)9-24-12-6-4-11(5-7-12)16(2,3)17(19,20)21/h4-7,13H,8-9H2,1-3H3. The summed E-state index contributed by atoms with van der Waals surface area (Å²) < 4.78 is 53.3. The minimum absolute atomic E-state index is 0.180. The Morgan fingerprint density at radius 3 is 2.48 bits per heavy atom. The Bertz CT molecular complexity index is 769. The van der Waals surface area contributed by atoms with Crippen LogP contribution < -0.4 is 9.47 Å². The molecule has 4 nitrogen and oxygen atoms in total. The third kappa shape index (κ3) is 3.36. The van der Waals surface area contributed by atoms with E-state index in [4.69, 9.17) is 9.47 Å². The molecule has 2 aromatic rings. The molecule has 0 saturated heterocycles. The highest BCUT2D eigenvalue weighted by Crippen LogP contribution is 2.40. The smallest absolute Gasteiger partial charge is 0.397 e. The van der Waals surface area contributed by atoms with E-state index in [0.717, 1.165) is 24.1 Å². The average Bonchev–Trinajstić information content (AvgIpc) is 3.04. The maximum absolute atomic E-state index is 13.1. The van der Waals surface area contributed by atoms with Crippen LogP contribution >= 0.6 is 15.9 Å². The SMILES string of the molecule is Cc1c(Br)nc2n1CC(COc1ccc(C(C)(C)C(F)(F)F)cc1)O2. The molecule has 1 aromatic carbocycles. The largest absolute Gasteiger partial charge is 0.490 e. The quantitative estimate of drug-likeness (QED) is 0.725. The average molecular weight is 419 g/mol. The molecule has 0 spiro atoms. The zero-order valence-electron chi connectivity index (χ0n) is 14.0. The van der Waals surface area contributed by atoms with Gasteiger partial charge in [-0.3, -0.25) is 4.57 Å². The highest BCUT2D eigenvalue weighted by atomic mass is 79.9. The monoisotopic (exact) mass is 418 g/mol. The molecule has 0 amide bonds. The first kappa shape index (κ1) is 18.1. The van der Waals surface area contributed by atoms with Crippen molar-refractivity contribution in [1.29, 1.82) is 0 Å². The van der Waals surface area contributed by atoms with Crippen molar-refractivity contribution in [3.8, 4) is 11.8 Å². The van der Waals surface area contributed by atoms with Crippen molar-refractivity contribution < 1.29 is 22.6 Å². The molecule has 1 aromatic heterocycles. The molecule has 136 valence electrons. The Morgan fingerprint density at radius 1 is 1.28 bits per heavy atom. The van der Waals surface area contributed by atoms with Crippen molar-refractivity contribution >= 4 is 15.9 Å². The van der Waals surface area contributed by atoms with Gasteiger partial charge in [0, 0.05) is 0 Å². The summed E-state index contributed by atoms with van der Waals surface area (Å²) in [5.74, 6) is 0.507. The molecule has 3 rings (SSSR count). The summed E-state index contributed by atoms with van der Waals surface area (Å²) in [7, 11) is 0. The van der Waals surface area contributed by atoms with Gasteiger partial charge in [0.2, 0.25) is 0 Å². The second kappa shape index (κ2) is 6.23. The van der Waals surface area contributed by atoms with Crippen molar-refractivity contribution in [2.24, 2.45) is 0 Å². The fourth-order valence-corrected chi connectivity index (χ4v) is 2.95. The fourth-order valence-electron chi connectivity index (χ4n) is 2.58. The van der Waals surface area contributed by atoms with Crippen LogP contribution in [0, 0.1) is 6.92 Å². The van der Waals surface area contributed by atoms with Crippen LogP contribution in [0.15, 0.2) is 28.9 Å². The van der Waals surface area contributed by atoms with Crippen LogP contribution in [0.3, 0.4) is 0 Å². The number of fused-ring (bicyclic) bond motifs is 1. The molecule has 1 aliphatic rings. The Balaban J connectivity index is 1.60. The van der Waals surface area contributed by atoms with Crippen LogP contribution in [0.1, 0.15) is 25.1 Å². The van der Waals surface area contributed by atoms with Gasteiger partial charge in [0.05, 0.1) is 17.7 Å². The third-order valence-corrected chi connectivity index (χ3v) is 5.26. The van der Waals surface area contributed by atoms with E-state index >= 15 is 0 Å². The number of ether oxygens (including phenoxy) is 2. The summed E-state index contributed by atoms with van der Waals surface area (Å²) in [6.07, 6.45) is -4.49. The van der Waals surface area contributed by atoms with Crippen molar-refractivity contribution in [2.75, 3.05) is 6.61 Å². The summed E-state index contributed by atoms with van der Waals surface area (Å²) in [5, 5.41) is 0. The molecule has 0 N–H and O–H groups in total. The minimum Gasteiger partial charge on any atom is -0.490 e. The van der Waals surface area contributed by atoms with Gasteiger partial charge in [0.25, 0.3) is 6.01 Å². The molecule has 1 aliphatic heterocycles. The van der Waals surface area contributed by atoms with Crippen LogP contribution in [0.5, 0.6) is 11.8 Å². The maximum atomic E-state index is 13.1. The second-order valence-electron chi connectivity index (χ2n) is 6.58. The molecule has 8 heteroatoms. The summed E-state index contributed by atoms with van der Waals surface area (Å²) >= 11 is 3.35. The van der Waals surface area contributed by atoms with Crippen molar-refractivity contribution in [1.82, 2.24) is 9.55 Å². The molecule has 25 heavy (non-hydrogen) atoms. The molecule has 1 unspecified atom stereocenters. The lowest BCUT2D eigenvalue weighted by atomic mass is 9.84. The normalized spacial score (nSPS) is 17.3. The lowest BCUT2D eigenvalue weighted by Crippen LogP contribution is -2.36. The number of alkyl halides is 3. The zero-order valence-corrected chi connectivity index (χ0v) is 15.6. The number of benzene rings is 1. The van der Waals surface area contributed by atoms with E-state index in [-0.39, 0.29) is 11.7 Å². The van der Waals surface area contributed by atoms with Gasteiger partial charge in [0.1, 0.15) is 17.0 Å². The molecular weight excluding hydrogens is 401 g/mol. The van der Waals surface area contributed by atoms with Crippen LogP contribution in [-0.2, 0) is 12.0 Å². The van der Waals surface area contributed by atoms with Crippen LogP contribution in [0.25, 0.3) is 0 Å². The molecule has 0 aliphatic carbocycles. The summed E-state index contributed by atoms with van der Waals surface area (Å²) in [6, 6.07) is 6.55. The van der Waals surface area contributed by atoms with E-state index in [1.165, 1.54) is 12.1 Å². The van der Waals surface area contributed by atoms with Gasteiger partial charge >= 0.3 is 6.18 Å². The predicted molar refractivity (Wildman–Crippen MR) is 90.1 cm³/mol. The van der Waals surface area contributed by atoms with Gasteiger partial charge in [-0.05, 0) is 54.4 Å². The lowest BCUT2D eigenvalue weighted by molar-refractivity contribution is -0.180. The fraction of sp³-hybridized carbons (Fsp3) is 0.471. The zero-order chi connectivity index (χ0) is 18.4. The predicted octanol–water partition coefficient (Wildman–Crippen LogP) is 4.63. The third-order valence-electron chi connectivity index (χ3n) is 4.51. The van der Waals surface area contributed by atoms with Gasteiger partial charge in [-0.1, -0.05) is 12.1 Å². The minimum atomic E-state index is -4.31. The molecule has 2 heterocycles. The molecule has 0 bridgehead atoms. The summed E-state index contributed by atoms with van der Waals surface area (Å²) in [5.41, 5.74) is -0.721. The van der Waals surface area contributed by atoms with Crippen molar-refractivity contribution in [3.05, 3.63) is 40.1 Å². The van der Waals surface area contributed by atoms with Gasteiger partial charge in [-0.25, -0.2) is 0 Å².